The second kappa shape index (κ2) is 3.15. The molecule has 0 unspecified atom stereocenters. The van der Waals surface area contributed by atoms with Crippen molar-refractivity contribution in [2.45, 2.75) is 25.4 Å². The van der Waals surface area contributed by atoms with E-state index in [1.54, 1.807) is 4.57 Å². The average Bonchev–Trinajstić information content (AvgIpc) is 2.68. The Hall–Kier alpha value is -1.20. The summed E-state index contributed by atoms with van der Waals surface area (Å²) in [6, 6.07) is 1.75. The zero-order chi connectivity index (χ0) is 10.4. The van der Waals surface area contributed by atoms with Crippen LogP contribution < -0.4 is 11.3 Å². The van der Waals surface area contributed by atoms with E-state index in [0.29, 0.717) is 0 Å². The molecule has 0 radical (unpaired) electrons. The summed E-state index contributed by atoms with van der Waals surface area (Å²) in [5.41, 5.74) is 6.02. The largest absolute Gasteiger partial charge is 0.321 e. The molecule has 5 heteroatoms. The van der Waals surface area contributed by atoms with E-state index in [-0.39, 0.29) is 11.6 Å². The Balaban J connectivity index is 2.41. The molecule has 4 nitrogen and oxygen atoms in total. The molecule has 3 heterocycles. The number of hydrogen-bond donors (Lipinski definition) is 1. The summed E-state index contributed by atoms with van der Waals surface area (Å²) in [5.74, 6) is 0.751. The quantitative estimate of drug-likeness (QED) is 0.728. The topological polar surface area (TPSA) is 60.9 Å². The molecule has 3 rings (SSSR count). The first-order valence-corrected chi connectivity index (χ1v) is 5.89. The molecular formula is C10H11N3OS. The van der Waals surface area contributed by atoms with Crippen molar-refractivity contribution in [1.29, 1.82) is 0 Å². The molecule has 0 aliphatic carbocycles. The van der Waals surface area contributed by atoms with Crippen LogP contribution in [-0.2, 0) is 6.54 Å². The maximum absolute atomic E-state index is 12.1. The number of rotatable bonds is 0. The summed E-state index contributed by atoms with van der Waals surface area (Å²) in [6.45, 7) is 0.751. The van der Waals surface area contributed by atoms with Gasteiger partial charge in [-0.2, -0.15) is 0 Å². The summed E-state index contributed by atoms with van der Waals surface area (Å²) in [6.07, 6.45) is 1.88. The lowest BCUT2D eigenvalue weighted by atomic mass is 10.1. The highest BCUT2D eigenvalue weighted by atomic mass is 32.1. The summed E-state index contributed by atoms with van der Waals surface area (Å²) in [5, 5.41) is 2.62. The smallest absolute Gasteiger partial charge is 0.262 e. The minimum absolute atomic E-state index is 0.0615. The van der Waals surface area contributed by atoms with Gasteiger partial charge in [-0.25, -0.2) is 4.98 Å². The highest BCUT2D eigenvalue weighted by Gasteiger charge is 2.20. The van der Waals surface area contributed by atoms with E-state index < -0.39 is 0 Å². The van der Waals surface area contributed by atoms with Crippen molar-refractivity contribution in [2.24, 2.45) is 5.73 Å². The molecule has 0 spiro atoms. The van der Waals surface area contributed by atoms with E-state index in [4.69, 9.17) is 5.73 Å². The number of nitrogens with zero attached hydrogens (tertiary/aromatic N) is 2. The van der Waals surface area contributed by atoms with Crippen molar-refractivity contribution in [3.8, 4) is 0 Å². The normalized spacial score (nSPS) is 20.5. The van der Waals surface area contributed by atoms with Crippen molar-refractivity contribution < 1.29 is 0 Å². The maximum Gasteiger partial charge on any atom is 0.262 e. The molecule has 1 aliphatic heterocycles. The van der Waals surface area contributed by atoms with Gasteiger partial charge >= 0.3 is 0 Å². The van der Waals surface area contributed by atoms with Crippen molar-refractivity contribution in [1.82, 2.24) is 9.55 Å². The van der Waals surface area contributed by atoms with Crippen LogP contribution in [0.1, 0.15) is 24.7 Å². The lowest BCUT2D eigenvalue weighted by molar-refractivity contribution is 0.436. The number of nitrogens with two attached hydrogens (primary N) is 1. The van der Waals surface area contributed by atoms with E-state index in [0.717, 1.165) is 35.4 Å². The maximum atomic E-state index is 12.1. The van der Waals surface area contributed by atoms with Gasteiger partial charge in [0.15, 0.2) is 0 Å². The van der Waals surface area contributed by atoms with E-state index in [1.165, 1.54) is 11.3 Å². The zero-order valence-corrected chi connectivity index (χ0v) is 8.96. The Bertz CT molecular complexity index is 572. The molecular weight excluding hydrogens is 210 g/mol. The van der Waals surface area contributed by atoms with Gasteiger partial charge in [0, 0.05) is 6.54 Å². The molecule has 2 aromatic heterocycles. The Morgan fingerprint density at radius 3 is 3.33 bits per heavy atom. The summed E-state index contributed by atoms with van der Waals surface area (Å²) in [4.78, 5) is 17.3. The molecule has 2 N–H and O–H groups in total. The fraction of sp³-hybridized carbons (Fsp3) is 0.400. The molecule has 0 amide bonds. The van der Waals surface area contributed by atoms with Crippen molar-refractivity contribution in [3.63, 3.8) is 0 Å². The minimum Gasteiger partial charge on any atom is -0.321 e. The Morgan fingerprint density at radius 1 is 1.60 bits per heavy atom. The molecule has 0 saturated heterocycles. The van der Waals surface area contributed by atoms with Gasteiger partial charge in [0.05, 0.1) is 11.4 Å². The molecule has 0 bridgehead atoms. The molecule has 0 saturated carbocycles. The first kappa shape index (κ1) is 9.06. The van der Waals surface area contributed by atoms with Gasteiger partial charge in [0.1, 0.15) is 10.7 Å². The van der Waals surface area contributed by atoms with Crippen LogP contribution in [0.15, 0.2) is 16.2 Å². The predicted molar refractivity (Wildman–Crippen MR) is 60.0 cm³/mol. The monoisotopic (exact) mass is 221 g/mol. The van der Waals surface area contributed by atoms with Crippen molar-refractivity contribution >= 4 is 21.6 Å². The number of aromatic nitrogens is 2. The van der Waals surface area contributed by atoms with Gasteiger partial charge in [-0.3, -0.25) is 9.36 Å². The fourth-order valence-corrected chi connectivity index (χ4v) is 2.82. The Labute approximate surface area is 90.4 Å². The highest BCUT2D eigenvalue weighted by molar-refractivity contribution is 7.16. The van der Waals surface area contributed by atoms with E-state index >= 15 is 0 Å². The van der Waals surface area contributed by atoms with Crippen LogP contribution >= 0.6 is 11.3 Å². The van der Waals surface area contributed by atoms with Crippen LogP contribution in [0.4, 0.5) is 0 Å². The number of hydrogen-bond acceptors (Lipinski definition) is 4. The van der Waals surface area contributed by atoms with Crippen LogP contribution in [0.2, 0.25) is 0 Å². The molecule has 15 heavy (non-hydrogen) atoms. The van der Waals surface area contributed by atoms with Gasteiger partial charge in [0.2, 0.25) is 0 Å². The third kappa shape index (κ3) is 1.23. The molecule has 2 aromatic rings. The molecule has 1 aliphatic rings. The molecule has 78 valence electrons. The first-order valence-electron chi connectivity index (χ1n) is 5.01. The van der Waals surface area contributed by atoms with Gasteiger partial charge in [0.25, 0.3) is 5.56 Å². The molecule has 0 aromatic carbocycles. The third-order valence-electron chi connectivity index (χ3n) is 2.84. The summed E-state index contributed by atoms with van der Waals surface area (Å²) < 4.78 is 1.73. The minimum atomic E-state index is -0.0852. The van der Waals surface area contributed by atoms with Crippen LogP contribution in [0.5, 0.6) is 0 Å². The third-order valence-corrected chi connectivity index (χ3v) is 3.65. The van der Waals surface area contributed by atoms with Crippen LogP contribution in [-0.4, -0.2) is 9.55 Å². The Kier molecular flexibility index (Phi) is 1.90. The van der Waals surface area contributed by atoms with E-state index in [2.05, 4.69) is 4.98 Å². The van der Waals surface area contributed by atoms with Gasteiger partial charge in [-0.1, -0.05) is 0 Å². The number of fused-ring (bicyclic) bond motifs is 2. The predicted octanol–water partition coefficient (Wildman–Crippen LogP) is 1.25. The number of thiophene rings is 1. The van der Waals surface area contributed by atoms with Crippen LogP contribution in [0.25, 0.3) is 10.2 Å². The van der Waals surface area contributed by atoms with Crippen LogP contribution in [0, 0.1) is 0 Å². The SMILES string of the molecule is N[C@@H]1CCCn2c1nc1sccc1c2=O. The van der Waals surface area contributed by atoms with Gasteiger partial charge in [-0.05, 0) is 24.3 Å². The van der Waals surface area contributed by atoms with E-state index in [1.807, 2.05) is 11.4 Å². The van der Waals surface area contributed by atoms with E-state index in [9.17, 15) is 4.79 Å². The second-order valence-corrected chi connectivity index (χ2v) is 4.71. The standard InChI is InChI=1S/C10H11N3OS/c11-7-2-1-4-13-8(7)12-9-6(10(13)14)3-5-15-9/h3,5,7H,1-2,4,11H2/t7-/m1/s1. The van der Waals surface area contributed by atoms with Gasteiger partial charge < -0.3 is 5.73 Å². The average molecular weight is 221 g/mol. The van der Waals surface area contributed by atoms with Gasteiger partial charge in [-0.15, -0.1) is 11.3 Å². The highest BCUT2D eigenvalue weighted by Crippen LogP contribution is 2.23. The summed E-state index contributed by atoms with van der Waals surface area (Å²) in [7, 11) is 0. The first-order chi connectivity index (χ1) is 7.27. The lowest BCUT2D eigenvalue weighted by Gasteiger charge is -2.22. The molecule has 0 fully saturated rings. The van der Waals surface area contributed by atoms with Crippen molar-refractivity contribution in [2.75, 3.05) is 0 Å². The molecule has 1 atom stereocenters. The second-order valence-electron chi connectivity index (χ2n) is 3.81. The fourth-order valence-electron chi connectivity index (χ4n) is 2.06. The summed E-state index contributed by atoms with van der Waals surface area (Å²) >= 11 is 1.50. The van der Waals surface area contributed by atoms with Crippen LogP contribution in [0.3, 0.4) is 0 Å². The Morgan fingerprint density at radius 2 is 2.47 bits per heavy atom. The van der Waals surface area contributed by atoms with Crippen molar-refractivity contribution in [3.05, 3.63) is 27.6 Å². The zero-order valence-electron chi connectivity index (χ0n) is 8.14. The lowest BCUT2D eigenvalue weighted by Crippen LogP contribution is -2.32.